The molecule has 0 unspecified atom stereocenters. The van der Waals surface area contributed by atoms with Crippen molar-refractivity contribution in [3.05, 3.63) is 53.7 Å². The molecule has 0 bridgehead atoms. The van der Waals surface area contributed by atoms with Crippen molar-refractivity contribution in [2.75, 3.05) is 23.8 Å². The number of benzene rings is 1. The smallest absolute Gasteiger partial charge is 0.274 e. The molecule has 1 aromatic carbocycles. The maximum atomic E-state index is 12.3. The molecule has 12 nitrogen and oxygen atoms in total. The Hall–Kier alpha value is -4.03. The molecule has 192 valence electrons. The summed E-state index contributed by atoms with van der Waals surface area (Å²) in [5.74, 6) is -1.01. The Labute approximate surface area is 208 Å². The minimum absolute atomic E-state index is 0.0301. The Kier molecular flexibility index (Phi) is 9.31. The van der Waals surface area contributed by atoms with Gasteiger partial charge in [-0.05, 0) is 43.5 Å². The van der Waals surface area contributed by atoms with Crippen LogP contribution < -0.4 is 27.2 Å². The van der Waals surface area contributed by atoms with Crippen LogP contribution in [-0.4, -0.2) is 58.1 Å². The van der Waals surface area contributed by atoms with E-state index < -0.39 is 11.8 Å². The zero-order chi connectivity index (χ0) is 26.1. The molecule has 0 saturated heterocycles. The first-order chi connectivity index (χ1) is 17.3. The largest absolute Gasteiger partial charge is 0.394 e. The van der Waals surface area contributed by atoms with E-state index in [-0.39, 0.29) is 48.5 Å². The highest BCUT2D eigenvalue weighted by Gasteiger charge is 2.27. The maximum Gasteiger partial charge on any atom is 0.274 e. The summed E-state index contributed by atoms with van der Waals surface area (Å²) in [6, 6.07) is 4.64. The highest BCUT2D eigenvalue weighted by Crippen LogP contribution is 2.26. The predicted octanol–water partition coefficient (Wildman–Crippen LogP) is 1.31. The summed E-state index contributed by atoms with van der Waals surface area (Å²) < 4.78 is 0. The van der Waals surface area contributed by atoms with Crippen molar-refractivity contribution in [1.29, 1.82) is 0 Å². The summed E-state index contributed by atoms with van der Waals surface area (Å²) in [7, 11) is 0. The van der Waals surface area contributed by atoms with E-state index in [2.05, 4.69) is 38.0 Å². The molecule has 36 heavy (non-hydrogen) atoms. The molecule has 12 heteroatoms. The van der Waals surface area contributed by atoms with Crippen LogP contribution in [0.1, 0.15) is 52.0 Å². The third-order valence-electron chi connectivity index (χ3n) is 5.76. The van der Waals surface area contributed by atoms with Gasteiger partial charge in [0.05, 0.1) is 18.8 Å². The Balaban J connectivity index is 1.83. The summed E-state index contributed by atoms with van der Waals surface area (Å²) >= 11 is 0. The third-order valence-corrected chi connectivity index (χ3v) is 5.76. The van der Waals surface area contributed by atoms with Crippen LogP contribution in [0.4, 0.5) is 17.5 Å². The number of anilines is 3. The third kappa shape index (κ3) is 6.99. The SMILES string of the molecule is C=CC(=O)N[C@@H]1CCCC[C@H]1Nc1nc(Nc2cc(C(=O)NOCCO)ccc2C)ncc1C(N)=O. The van der Waals surface area contributed by atoms with E-state index in [4.69, 9.17) is 15.7 Å². The number of amides is 3. The number of hydrogen-bond donors (Lipinski definition) is 6. The van der Waals surface area contributed by atoms with Crippen molar-refractivity contribution < 1.29 is 24.3 Å². The van der Waals surface area contributed by atoms with Gasteiger partial charge in [-0.2, -0.15) is 4.98 Å². The molecule has 1 heterocycles. The minimum atomic E-state index is -0.690. The molecule has 1 aromatic heterocycles. The van der Waals surface area contributed by atoms with Gasteiger partial charge in [-0.3, -0.25) is 19.2 Å². The lowest BCUT2D eigenvalue weighted by atomic mass is 9.90. The van der Waals surface area contributed by atoms with Crippen molar-refractivity contribution in [3.63, 3.8) is 0 Å². The van der Waals surface area contributed by atoms with Gasteiger partial charge in [0.25, 0.3) is 11.8 Å². The fourth-order valence-electron chi connectivity index (χ4n) is 3.87. The Morgan fingerprint density at radius 3 is 2.69 bits per heavy atom. The number of aliphatic hydroxyl groups excluding tert-OH is 1. The normalized spacial score (nSPS) is 17.1. The van der Waals surface area contributed by atoms with Crippen LogP contribution in [0.2, 0.25) is 0 Å². The standard InChI is InChI=1S/C24H31N7O5/c1-3-20(33)27-17-6-4-5-7-18(17)28-22-16(21(25)34)13-26-24(30-22)29-19-12-15(9-8-14(19)2)23(35)31-36-11-10-32/h3,8-9,12-13,17-18,32H,1,4-7,10-11H2,2H3,(H2,25,34)(H,27,33)(H,31,35)(H2,26,28,29,30)/t17-,18-/m1/s1. The summed E-state index contributed by atoms with van der Waals surface area (Å²) in [6.07, 6.45) is 6.01. The van der Waals surface area contributed by atoms with E-state index in [1.54, 1.807) is 18.2 Å². The number of aryl methyl sites for hydroxylation is 1. The van der Waals surface area contributed by atoms with E-state index in [0.29, 0.717) is 11.3 Å². The molecule has 2 aromatic rings. The van der Waals surface area contributed by atoms with Crippen molar-refractivity contribution in [2.45, 2.75) is 44.7 Å². The van der Waals surface area contributed by atoms with Crippen LogP contribution in [-0.2, 0) is 9.63 Å². The number of nitrogens with zero attached hydrogens (tertiary/aromatic N) is 2. The molecular weight excluding hydrogens is 466 g/mol. The number of carbonyl (C=O) groups is 3. The number of carbonyl (C=O) groups excluding carboxylic acids is 3. The van der Waals surface area contributed by atoms with E-state index >= 15 is 0 Å². The van der Waals surface area contributed by atoms with Crippen LogP contribution in [0.3, 0.4) is 0 Å². The average Bonchev–Trinajstić information content (AvgIpc) is 2.86. The van der Waals surface area contributed by atoms with Gasteiger partial charge in [0.15, 0.2) is 0 Å². The number of rotatable bonds is 11. The van der Waals surface area contributed by atoms with Gasteiger partial charge in [-0.15, -0.1) is 0 Å². The lowest BCUT2D eigenvalue weighted by molar-refractivity contribution is -0.117. The Morgan fingerprint density at radius 1 is 1.25 bits per heavy atom. The molecule has 1 aliphatic carbocycles. The number of nitrogens with two attached hydrogens (primary N) is 1. The maximum absolute atomic E-state index is 12.3. The number of aromatic nitrogens is 2. The number of aliphatic hydroxyl groups is 1. The van der Waals surface area contributed by atoms with Crippen LogP contribution >= 0.6 is 0 Å². The zero-order valence-corrected chi connectivity index (χ0v) is 20.0. The van der Waals surface area contributed by atoms with Crippen LogP contribution in [0, 0.1) is 6.92 Å². The number of primary amides is 1. The molecule has 0 spiro atoms. The predicted molar refractivity (Wildman–Crippen MR) is 134 cm³/mol. The molecule has 7 N–H and O–H groups in total. The second-order valence-electron chi connectivity index (χ2n) is 8.33. The van der Waals surface area contributed by atoms with Crippen LogP contribution in [0.15, 0.2) is 37.1 Å². The van der Waals surface area contributed by atoms with E-state index in [1.165, 1.54) is 12.3 Å². The molecule has 1 fully saturated rings. The first-order valence-corrected chi connectivity index (χ1v) is 11.6. The number of nitrogens with one attached hydrogen (secondary N) is 4. The molecule has 1 saturated carbocycles. The molecule has 1 aliphatic rings. The Morgan fingerprint density at radius 2 is 2.00 bits per heavy atom. The topological polar surface area (TPSA) is 181 Å². The molecule has 0 aliphatic heterocycles. The van der Waals surface area contributed by atoms with E-state index in [9.17, 15) is 14.4 Å². The first kappa shape index (κ1) is 26.6. The minimum Gasteiger partial charge on any atom is -0.394 e. The second-order valence-corrected chi connectivity index (χ2v) is 8.33. The lowest BCUT2D eigenvalue weighted by Crippen LogP contribution is -2.48. The quantitative estimate of drug-likeness (QED) is 0.151. The van der Waals surface area contributed by atoms with Crippen molar-refractivity contribution in [1.82, 2.24) is 20.8 Å². The average molecular weight is 498 g/mol. The van der Waals surface area contributed by atoms with Gasteiger partial charge < -0.3 is 26.8 Å². The molecule has 3 amide bonds. The summed E-state index contributed by atoms with van der Waals surface area (Å²) in [5, 5.41) is 18.0. The van der Waals surface area contributed by atoms with Gasteiger partial charge >= 0.3 is 0 Å². The first-order valence-electron chi connectivity index (χ1n) is 11.6. The van der Waals surface area contributed by atoms with Gasteiger partial charge in [-0.25, -0.2) is 10.5 Å². The monoisotopic (exact) mass is 497 g/mol. The van der Waals surface area contributed by atoms with Gasteiger partial charge in [0.2, 0.25) is 11.9 Å². The number of hydrogen-bond acceptors (Lipinski definition) is 9. The summed E-state index contributed by atoms with van der Waals surface area (Å²) in [4.78, 5) is 49.8. The molecule has 0 radical (unpaired) electrons. The fraction of sp³-hybridized carbons (Fsp3) is 0.375. The summed E-state index contributed by atoms with van der Waals surface area (Å²) in [6.45, 7) is 5.09. The highest BCUT2D eigenvalue weighted by atomic mass is 16.7. The van der Waals surface area contributed by atoms with Gasteiger partial charge in [-0.1, -0.05) is 25.5 Å². The van der Waals surface area contributed by atoms with Crippen molar-refractivity contribution in [2.24, 2.45) is 5.73 Å². The second kappa shape index (κ2) is 12.6. The van der Waals surface area contributed by atoms with Crippen LogP contribution in [0.5, 0.6) is 0 Å². The molecular formula is C24H31N7O5. The van der Waals surface area contributed by atoms with Crippen LogP contribution in [0.25, 0.3) is 0 Å². The lowest BCUT2D eigenvalue weighted by Gasteiger charge is -2.33. The van der Waals surface area contributed by atoms with Crippen molar-refractivity contribution >= 4 is 35.2 Å². The molecule has 2 atom stereocenters. The van der Waals surface area contributed by atoms with E-state index in [0.717, 1.165) is 31.2 Å². The summed E-state index contributed by atoms with van der Waals surface area (Å²) in [5.41, 5.74) is 9.62. The van der Waals surface area contributed by atoms with Gasteiger partial charge in [0.1, 0.15) is 5.82 Å². The van der Waals surface area contributed by atoms with Crippen molar-refractivity contribution in [3.8, 4) is 0 Å². The zero-order valence-electron chi connectivity index (χ0n) is 20.0. The Bertz CT molecular complexity index is 1120. The number of hydroxylamine groups is 1. The van der Waals surface area contributed by atoms with Gasteiger partial charge in [0, 0.05) is 29.5 Å². The van der Waals surface area contributed by atoms with E-state index in [1.807, 2.05) is 6.92 Å². The highest BCUT2D eigenvalue weighted by molar-refractivity contribution is 5.97. The fourth-order valence-corrected chi connectivity index (χ4v) is 3.87. The molecule has 3 rings (SSSR count).